The molecule has 3 rings (SSSR count). The number of benzene rings is 3. The largest absolute Gasteiger partial charge is 0.422 e. The zero-order chi connectivity index (χ0) is 27.7. The van der Waals surface area contributed by atoms with Crippen LogP contribution in [-0.4, -0.2) is 63.2 Å². The maximum Gasteiger partial charge on any atom is 0.343 e. The summed E-state index contributed by atoms with van der Waals surface area (Å²) in [6.07, 6.45) is 0. The molecule has 0 aliphatic rings. The average Bonchev–Trinajstić information content (AvgIpc) is 2.90. The summed E-state index contributed by atoms with van der Waals surface area (Å²) in [5, 5.41) is 2.86. The van der Waals surface area contributed by atoms with Crippen LogP contribution in [-0.2, 0) is 9.47 Å². The molecular weight excluding hydrogens is 484 g/mol. The molecule has 0 bridgehead atoms. The smallest absolute Gasteiger partial charge is 0.343 e. The van der Waals surface area contributed by atoms with E-state index in [1.54, 1.807) is 56.4 Å². The third-order valence-corrected chi connectivity index (χ3v) is 5.98. The zero-order valence-corrected chi connectivity index (χ0v) is 22.5. The van der Waals surface area contributed by atoms with Crippen molar-refractivity contribution in [3.05, 3.63) is 94.0 Å². The van der Waals surface area contributed by atoms with Gasteiger partial charge in [0.1, 0.15) is 5.75 Å². The number of amides is 2. The van der Waals surface area contributed by atoms with Gasteiger partial charge in [0.2, 0.25) is 0 Å². The van der Waals surface area contributed by atoms with Crippen LogP contribution in [0, 0.1) is 20.8 Å². The van der Waals surface area contributed by atoms with Crippen LogP contribution in [0.25, 0.3) is 0 Å². The SMILES string of the molecule is COCCN(CCOC)C(=O)c1cc(NC(=O)c2ccc(C)cc2)cc(C)c1OC(=O)c1ccc(C)cc1. The fourth-order valence-corrected chi connectivity index (χ4v) is 3.78. The number of methoxy groups -OCH3 is 2. The van der Waals surface area contributed by atoms with Crippen LogP contribution in [0.2, 0.25) is 0 Å². The van der Waals surface area contributed by atoms with Gasteiger partial charge < -0.3 is 24.4 Å². The number of aryl methyl sites for hydroxylation is 3. The summed E-state index contributed by atoms with van der Waals surface area (Å²) in [5.41, 5.74) is 3.97. The van der Waals surface area contributed by atoms with Gasteiger partial charge in [-0.25, -0.2) is 4.79 Å². The summed E-state index contributed by atoms with van der Waals surface area (Å²) in [7, 11) is 3.11. The van der Waals surface area contributed by atoms with Crippen molar-refractivity contribution in [2.75, 3.05) is 45.8 Å². The Morgan fingerprint density at radius 2 is 1.29 bits per heavy atom. The van der Waals surface area contributed by atoms with Crippen molar-refractivity contribution >= 4 is 23.5 Å². The molecule has 0 spiro atoms. The molecule has 2 amide bonds. The number of esters is 1. The summed E-state index contributed by atoms with van der Waals surface area (Å²) in [5.74, 6) is -1.14. The van der Waals surface area contributed by atoms with Crippen LogP contribution < -0.4 is 10.1 Å². The number of anilines is 1. The lowest BCUT2D eigenvalue weighted by atomic mass is 10.1. The first-order chi connectivity index (χ1) is 18.2. The lowest BCUT2D eigenvalue weighted by Gasteiger charge is -2.24. The van der Waals surface area contributed by atoms with Crippen molar-refractivity contribution in [3.63, 3.8) is 0 Å². The summed E-state index contributed by atoms with van der Waals surface area (Å²) in [4.78, 5) is 41.2. The molecule has 0 heterocycles. The van der Waals surface area contributed by atoms with E-state index in [0.717, 1.165) is 11.1 Å². The third-order valence-electron chi connectivity index (χ3n) is 5.98. The second-order valence-corrected chi connectivity index (χ2v) is 9.02. The second kappa shape index (κ2) is 13.5. The van der Waals surface area contributed by atoms with E-state index in [1.807, 2.05) is 38.1 Å². The Hall–Kier alpha value is -4.01. The van der Waals surface area contributed by atoms with E-state index in [0.29, 0.717) is 48.7 Å². The molecule has 0 atom stereocenters. The number of carbonyl (C=O) groups excluding carboxylic acids is 3. The maximum atomic E-state index is 13.7. The number of hydrogen-bond donors (Lipinski definition) is 1. The summed E-state index contributed by atoms with van der Waals surface area (Å²) in [6.45, 7) is 6.84. The highest BCUT2D eigenvalue weighted by molar-refractivity contribution is 6.06. The fourth-order valence-electron chi connectivity index (χ4n) is 3.78. The van der Waals surface area contributed by atoms with E-state index < -0.39 is 5.97 Å². The number of hydrogen-bond acceptors (Lipinski definition) is 6. The zero-order valence-electron chi connectivity index (χ0n) is 22.5. The molecule has 3 aromatic carbocycles. The van der Waals surface area contributed by atoms with Gasteiger partial charge in [0.05, 0.1) is 24.3 Å². The van der Waals surface area contributed by atoms with Crippen molar-refractivity contribution in [1.82, 2.24) is 4.90 Å². The monoisotopic (exact) mass is 518 g/mol. The summed E-state index contributed by atoms with van der Waals surface area (Å²) < 4.78 is 16.1. The molecule has 0 saturated carbocycles. The Kier molecular flexibility index (Phi) is 10.2. The van der Waals surface area contributed by atoms with E-state index in [9.17, 15) is 14.4 Å². The second-order valence-electron chi connectivity index (χ2n) is 9.02. The van der Waals surface area contributed by atoms with Crippen LogP contribution in [0.3, 0.4) is 0 Å². The third kappa shape index (κ3) is 7.50. The maximum absolute atomic E-state index is 13.7. The van der Waals surface area contributed by atoms with E-state index >= 15 is 0 Å². The first-order valence-electron chi connectivity index (χ1n) is 12.3. The van der Waals surface area contributed by atoms with E-state index in [4.69, 9.17) is 14.2 Å². The molecule has 200 valence electrons. The van der Waals surface area contributed by atoms with Gasteiger partial charge in [0.15, 0.2) is 0 Å². The van der Waals surface area contributed by atoms with E-state index in [1.165, 1.54) is 6.07 Å². The van der Waals surface area contributed by atoms with Gasteiger partial charge in [-0.2, -0.15) is 0 Å². The fraction of sp³-hybridized carbons (Fsp3) is 0.300. The standard InChI is InChI=1S/C30H34N2O6/c1-20-6-10-23(11-7-20)28(33)31-25-18-22(3)27(38-30(35)24-12-8-21(2)9-13-24)26(19-25)29(34)32(14-16-36-4)15-17-37-5/h6-13,18-19H,14-17H2,1-5H3,(H,31,33). The number of nitrogens with zero attached hydrogens (tertiary/aromatic N) is 1. The Morgan fingerprint density at radius 1 is 0.763 bits per heavy atom. The molecule has 0 unspecified atom stereocenters. The van der Waals surface area contributed by atoms with Gasteiger partial charge >= 0.3 is 5.97 Å². The molecule has 0 aliphatic carbocycles. The van der Waals surface area contributed by atoms with E-state index in [2.05, 4.69) is 5.32 Å². The highest BCUT2D eigenvalue weighted by Gasteiger charge is 2.25. The van der Waals surface area contributed by atoms with Crippen molar-refractivity contribution in [3.8, 4) is 5.75 Å². The van der Waals surface area contributed by atoms with Gasteiger partial charge in [0, 0.05) is 38.6 Å². The Balaban J connectivity index is 2.00. The average molecular weight is 519 g/mol. The normalized spacial score (nSPS) is 10.7. The number of rotatable bonds is 11. The first kappa shape index (κ1) is 28.6. The first-order valence-corrected chi connectivity index (χ1v) is 12.3. The summed E-state index contributed by atoms with van der Waals surface area (Å²) in [6, 6.07) is 17.4. The number of nitrogens with one attached hydrogen (secondary N) is 1. The molecule has 3 aromatic rings. The molecule has 8 heteroatoms. The highest BCUT2D eigenvalue weighted by Crippen LogP contribution is 2.30. The summed E-state index contributed by atoms with van der Waals surface area (Å²) >= 11 is 0. The van der Waals surface area contributed by atoms with Crippen LogP contribution in [0.15, 0.2) is 60.7 Å². The van der Waals surface area contributed by atoms with Gasteiger partial charge in [-0.1, -0.05) is 35.4 Å². The Bertz CT molecular complexity index is 1260. The minimum atomic E-state index is -0.584. The Morgan fingerprint density at radius 3 is 1.82 bits per heavy atom. The van der Waals surface area contributed by atoms with Crippen LogP contribution >= 0.6 is 0 Å². The highest BCUT2D eigenvalue weighted by atomic mass is 16.5. The molecule has 0 aromatic heterocycles. The molecule has 0 aliphatic heterocycles. The van der Waals surface area contributed by atoms with Crippen LogP contribution in [0.5, 0.6) is 5.75 Å². The van der Waals surface area contributed by atoms with Gasteiger partial charge in [-0.3, -0.25) is 9.59 Å². The lowest BCUT2D eigenvalue weighted by molar-refractivity contribution is 0.0618. The topological polar surface area (TPSA) is 94.2 Å². The molecule has 0 saturated heterocycles. The van der Waals surface area contributed by atoms with Crippen molar-refractivity contribution in [2.24, 2.45) is 0 Å². The van der Waals surface area contributed by atoms with Gasteiger partial charge in [0.25, 0.3) is 11.8 Å². The molecule has 0 radical (unpaired) electrons. The molecule has 8 nitrogen and oxygen atoms in total. The Labute approximate surface area is 223 Å². The van der Waals surface area contributed by atoms with Crippen LogP contribution in [0.1, 0.15) is 47.8 Å². The van der Waals surface area contributed by atoms with Gasteiger partial charge in [-0.15, -0.1) is 0 Å². The minimum absolute atomic E-state index is 0.133. The lowest BCUT2D eigenvalue weighted by Crippen LogP contribution is -2.37. The van der Waals surface area contributed by atoms with Crippen molar-refractivity contribution < 1.29 is 28.6 Å². The predicted octanol–water partition coefficient (Wildman–Crippen LogP) is 4.82. The molecule has 0 fully saturated rings. The van der Waals surface area contributed by atoms with E-state index in [-0.39, 0.29) is 23.1 Å². The molecule has 1 N–H and O–H groups in total. The predicted molar refractivity (Wildman–Crippen MR) is 146 cm³/mol. The van der Waals surface area contributed by atoms with Crippen molar-refractivity contribution in [2.45, 2.75) is 20.8 Å². The van der Waals surface area contributed by atoms with Gasteiger partial charge in [-0.05, 0) is 62.7 Å². The number of carbonyl (C=O) groups is 3. The van der Waals surface area contributed by atoms with Crippen molar-refractivity contribution in [1.29, 1.82) is 0 Å². The minimum Gasteiger partial charge on any atom is -0.422 e. The quantitative estimate of drug-likeness (QED) is 0.289. The number of ether oxygens (including phenoxy) is 3. The molecule has 38 heavy (non-hydrogen) atoms. The molecular formula is C30H34N2O6. The van der Waals surface area contributed by atoms with Crippen LogP contribution in [0.4, 0.5) is 5.69 Å².